The van der Waals surface area contributed by atoms with E-state index < -0.39 is 16.0 Å². The van der Waals surface area contributed by atoms with Crippen molar-refractivity contribution < 1.29 is 18.3 Å². The van der Waals surface area contributed by atoms with Gasteiger partial charge in [-0.3, -0.25) is 0 Å². The van der Waals surface area contributed by atoms with Crippen LogP contribution in [0, 0.1) is 0 Å². The highest BCUT2D eigenvalue weighted by atomic mass is 32.2. The van der Waals surface area contributed by atoms with Crippen LogP contribution < -0.4 is 4.83 Å². The molecule has 1 fully saturated rings. The molecule has 2 unspecified atom stereocenters. The van der Waals surface area contributed by atoms with Crippen molar-refractivity contribution in [1.82, 2.24) is 9.84 Å². The van der Waals surface area contributed by atoms with Crippen molar-refractivity contribution in [3.05, 3.63) is 16.3 Å². The summed E-state index contributed by atoms with van der Waals surface area (Å²) in [7, 11) is -3.85. The summed E-state index contributed by atoms with van der Waals surface area (Å²) in [6.07, 6.45) is 2.91. The fraction of sp³-hybridized carbons (Fsp3) is 0.583. The second-order valence-electron chi connectivity index (χ2n) is 5.05. The van der Waals surface area contributed by atoms with Crippen molar-refractivity contribution in [2.45, 2.75) is 50.1 Å². The molecule has 112 valence electrons. The molecule has 0 spiro atoms. The van der Waals surface area contributed by atoms with Crippen LogP contribution in [0.4, 0.5) is 0 Å². The van der Waals surface area contributed by atoms with Gasteiger partial charge in [-0.05, 0) is 38.1 Å². The van der Waals surface area contributed by atoms with Gasteiger partial charge in [0.25, 0.3) is 10.0 Å². The molecule has 0 aromatic carbocycles. The van der Waals surface area contributed by atoms with Gasteiger partial charge >= 0.3 is 5.97 Å². The van der Waals surface area contributed by atoms with Crippen LogP contribution in [-0.2, 0) is 10.0 Å². The van der Waals surface area contributed by atoms with Crippen LogP contribution in [0.25, 0.3) is 0 Å². The molecule has 0 aliphatic carbocycles. The van der Waals surface area contributed by atoms with Gasteiger partial charge < -0.3 is 5.11 Å². The number of nitrogens with zero attached hydrogens (tertiary/aromatic N) is 1. The molecule has 0 bridgehead atoms. The Bertz CT molecular complexity index is 586. The molecule has 2 heterocycles. The number of sulfonamides is 1. The highest BCUT2D eigenvalue weighted by Crippen LogP contribution is 2.25. The summed E-state index contributed by atoms with van der Waals surface area (Å²) in [6.45, 7) is 3.92. The molecular weight excluding hydrogens is 300 g/mol. The normalized spacial score (nSPS) is 24.7. The average Bonchev–Trinajstić information content (AvgIpc) is 2.84. The smallest absolute Gasteiger partial charge is 0.347 e. The molecule has 8 heteroatoms. The van der Waals surface area contributed by atoms with E-state index in [-0.39, 0.29) is 21.9 Å². The molecule has 2 N–H and O–H groups in total. The maximum Gasteiger partial charge on any atom is 0.347 e. The molecule has 0 amide bonds. The number of hydrogen-bond donors (Lipinski definition) is 2. The predicted octanol–water partition coefficient (Wildman–Crippen LogP) is 1.90. The Labute approximate surface area is 122 Å². The average molecular weight is 318 g/mol. The fourth-order valence-electron chi connectivity index (χ4n) is 2.45. The Morgan fingerprint density at radius 3 is 2.55 bits per heavy atom. The second kappa shape index (κ2) is 5.80. The number of carbonyl (C=O) groups is 1. The Kier molecular flexibility index (Phi) is 4.48. The Hall–Kier alpha value is -0.960. The largest absolute Gasteiger partial charge is 0.477 e. The van der Waals surface area contributed by atoms with E-state index >= 15 is 0 Å². The molecule has 20 heavy (non-hydrogen) atoms. The van der Waals surface area contributed by atoms with Crippen molar-refractivity contribution >= 4 is 27.3 Å². The molecule has 2 rings (SSSR count). The number of thiophene rings is 1. The highest BCUT2D eigenvalue weighted by Gasteiger charge is 2.31. The van der Waals surface area contributed by atoms with E-state index in [9.17, 15) is 13.2 Å². The molecule has 0 saturated carbocycles. The summed E-state index contributed by atoms with van der Waals surface area (Å²) in [6, 6.07) is 1.52. The molecule has 6 nitrogen and oxygen atoms in total. The quantitative estimate of drug-likeness (QED) is 0.885. The van der Waals surface area contributed by atoms with E-state index in [0.717, 1.165) is 30.6 Å². The van der Waals surface area contributed by atoms with Gasteiger partial charge in [0.05, 0.1) is 0 Å². The zero-order valence-electron chi connectivity index (χ0n) is 11.4. The molecule has 1 aromatic rings. The molecule has 1 saturated heterocycles. The number of hydrogen-bond acceptors (Lipinski definition) is 5. The first kappa shape index (κ1) is 15.4. The number of aromatic carboxylic acids is 1. The minimum Gasteiger partial charge on any atom is -0.477 e. The van der Waals surface area contributed by atoms with Gasteiger partial charge in [0.15, 0.2) is 0 Å². The maximum absolute atomic E-state index is 12.4. The zero-order valence-corrected chi connectivity index (χ0v) is 13.0. The number of carboxylic acids is 1. The van der Waals surface area contributed by atoms with E-state index in [0.29, 0.717) is 0 Å². The van der Waals surface area contributed by atoms with Gasteiger partial charge in [-0.15, -0.1) is 16.2 Å². The van der Waals surface area contributed by atoms with Gasteiger partial charge in [0, 0.05) is 12.1 Å². The fourth-order valence-corrected chi connectivity index (χ4v) is 4.95. The molecule has 2 atom stereocenters. The third-order valence-electron chi connectivity index (χ3n) is 3.53. The first-order chi connectivity index (χ1) is 9.33. The van der Waals surface area contributed by atoms with Crippen LogP contribution >= 0.6 is 11.3 Å². The van der Waals surface area contributed by atoms with Crippen LogP contribution in [0.5, 0.6) is 0 Å². The number of hydrazine groups is 1. The summed E-state index contributed by atoms with van der Waals surface area (Å²) in [4.78, 5) is 13.3. The van der Waals surface area contributed by atoms with Gasteiger partial charge in [-0.25, -0.2) is 18.2 Å². The number of piperidine rings is 1. The maximum atomic E-state index is 12.4. The van der Waals surface area contributed by atoms with Gasteiger partial charge in [-0.1, -0.05) is 6.42 Å². The Morgan fingerprint density at radius 1 is 1.40 bits per heavy atom. The van der Waals surface area contributed by atoms with E-state index in [2.05, 4.69) is 4.83 Å². The van der Waals surface area contributed by atoms with E-state index in [4.69, 9.17) is 5.11 Å². The first-order valence-electron chi connectivity index (χ1n) is 6.44. The number of rotatable bonds is 4. The Balaban J connectivity index is 2.27. The molecule has 0 radical (unpaired) electrons. The highest BCUT2D eigenvalue weighted by molar-refractivity contribution is 7.89. The van der Waals surface area contributed by atoms with Crippen molar-refractivity contribution in [2.24, 2.45) is 0 Å². The van der Waals surface area contributed by atoms with Crippen LogP contribution in [0.3, 0.4) is 0 Å². The van der Waals surface area contributed by atoms with Crippen LogP contribution in [0.2, 0.25) is 0 Å². The van der Waals surface area contributed by atoms with Crippen LogP contribution in [0.1, 0.15) is 42.8 Å². The lowest BCUT2D eigenvalue weighted by Crippen LogP contribution is -2.54. The van der Waals surface area contributed by atoms with Crippen molar-refractivity contribution in [1.29, 1.82) is 0 Å². The second-order valence-corrected chi connectivity index (χ2v) is 7.60. The van der Waals surface area contributed by atoms with Gasteiger partial charge in [0.2, 0.25) is 0 Å². The lowest BCUT2D eigenvalue weighted by molar-refractivity contribution is 0.0696. The third kappa shape index (κ3) is 3.03. The van der Waals surface area contributed by atoms with E-state index in [1.54, 1.807) is 5.01 Å². The Morgan fingerprint density at radius 2 is 2.00 bits per heavy atom. The van der Waals surface area contributed by atoms with E-state index in [1.807, 2.05) is 13.8 Å². The minimum atomic E-state index is -3.85. The zero-order chi connectivity index (χ0) is 14.9. The lowest BCUT2D eigenvalue weighted by atomic mass is 10.0. The molecule has 1 aliphatic heterocycles. The topological polar surface area (TPSA) is 86.7 Å². The summed E-state index contributed by atoms with van der Waals surface area (Å²) >= 11 is 0.911. The predicted molar refractivity (Wildman–Crippen MR) is 76.2 cm³/mol. The minimum absolute atomic E-state index is 0.0976. The van der Waals surface area contributed by atoms with Crippen molar-refractivity contribution in [3.63, 3.8) is 0 Å². The van der Waals surface area contributed by atoms with Crippen LogP contribution in [0.15, 0.2) is 16.3 Å². The summed E-state index contributed by atoms with van der Waals surface area (Å²) in [5.74, 6) is -1.22. The van der Waals surface area contributed by atoms with Crippen LogP contribution in [-0.4, -0.2) is 36.6 Å². The summed E-state index contributed by atoms with van der Waals surface area (Å²) in [5, 5.41) is 12.2. The van der Waals surface area contributed by atoms with E-state index in [1.165, 1.54) is 11.4 Å². The van der Waals surface area contributed by atoms with Crippen molar-refractivity contribution in [3.8, 4) is 0 Å². The lowest BCUT2D eigenvalue weighted by Gasteiger charge is -2.38. The van der Waals surface area contributed by atoms with Crippen molar-refractivity contribution in [2.75, 3.05) is 0 Å². The molecule has 1 aliphatic rings. The standard InChI is InChI=1S/C12H18N2O4S2/c1-8-4-3-5-9(2)14(8)13-20(17,18)10-6-7-19-11(10)12(15)16/h6-9,13H,3-5H2,1-2H3,(H,15,16). The molecular formula is C12H18N2O4S2. The SMILES string of the molecule is CC1CCCC(C)N1NS(=O)(=O)c1ccsc1C(=O)O. The third-order valence-corrected chi connectivity index (χ3v) is 5.93. The number of nitrogens with one attached hydrogen (secondary N) is 1. The first-order valence-corrected chi connectivity index (χ1v) is 8.81. The summed E-state index contributed by atoms with van der Waals surface area (Å²) < 4.78 is 24.7. The van der Waals surface area contributed by atoms with Gasteiger partial charge in [0.1, 0.15) is 9.77 Å². The molecule has 1 aromatic heterocycles. The summed E-state index contributed by atoms with van der Waals surface area (Å²) in [5.41, 5.74) is 0. The monoisotopic (exact) mass is 318 g/mol. The number of carboxylic acid groups (broad SMARTS) is 1. The van der Waals surface area contributed by atoms with Gasteiger partial charge in [-0.2, -0.15) is 0 Å².